The predicted molar refractivity (Wildman–Crippen MR) is 82.2 cm³/mol. The third kappa shape index (κ3) is 3.82. The maximum Gasteiger partial charge on any atom is 0.122 e. The number of hydrogen-bond acceptors (Lipinski definition) is 3. The highest BCUT2D eigenvalue weighted by atomic mass is 32.1. The van der Waals surface area contributed by atoms with Crippen molar-refractivity contribution in [1.82, 2.24) is 5.32 Å². The van der Waals surface area contributed by atoms with Crippen LogP contribution in [-0.2, 0) is 13.0 Å². The second-order valence-corrected chi connectivity index (χ2v) is 6.14. The van der Waals surface area contributed by atoms with Gasteiger partial charge in [-0.3, -0.25) is 0 Å². The molecule has 19 heavy (non-hydrogen) atoms. The summed E-state index contributed by atoms with van der Waals surface area (Å²) in [7, 11) is 1.73. The van der Waals surface area contributed by atoms with Gasteiger partial charge in [0.15, 0.2) is 0 Å². The topological polar surface area (TPSA) is 21.3 Å². The van der Waals surface area contributed by atoms with Crippen molar-refractivity contribution in [2.45, 2.75) is 26.8 Å². The van der Waals surface area contributed by atoms with E-state index < -0.39 is 0 Å². The van der Waals surface area contributed by atoms with Crippen molar-refractivity contribution in [3.05, 3.63) is 51.2 Å². The van der Waals surface area contributed by atoms with E-state index in [9.17, 15) is 0 Å². The molecule has 0 aliphatic carbocycles. The highest BCUT2D eigenvalue weighted by Gasteiger charge is 2.03. The molecular weight excluding hydrogens is 254 g/mol. The van der Waals surface area contributed by atoms with Gasteiger partial charge in [0.1, 0.15) is 5.75 Å². The summed E-state index contributed by atoms with van der Waals surface area (Å²) in [6.07, 6.45) is 0.992. The maximum absolute atomic E-state index is 5.36. The highest BCUT2D eigenvalue weighted by Crippen LogP contribution is 2.20. The molecule has 0 aliphatic rings. The van der Waals surface area contributed by atoms with Crippen molar-refractivity contribution < 1.29 is 4.74 Å². The second kappa shape index (κ2) is 6.73. The maximum atomic E-state index is 5.36. The molecule has 0 saturated carbocycles. The van der Waals surface area contributed by atoms with Crippen LogP contribution >= 0.6 is 11.3 Å². The zero-order valence-corrected chi connectivity index (χ0v) is 12.6. The Labute approximate surface area is 119 Å². The number of hydrogen-bond donors (Lipinski definition) is 1. The molecule has 1 aromatic heterocycles. The Bertz CT molecular complexity index is 533. The molecule has 0 atom stereocenters. The zero-order chi connectivity index (χ0) is 13.7. The minimum absolute atomic E-state index is 0.950. The first-order valence-corrected chi connectivity index (χ1v) is 7.41. The average molecular weight is 275 g/mol. The molecule has 0 amide bonds. The Kier molecular flexibility index (Phi) is 5.00. The van der Waals surface area contributed by atoms with Crippen LogP contribution < -0.4 is 10.1 Å². The first-order valence-electron chi connectivity index (χ1n) is 6.59. The lowest BCUT2D eigenvalue weighted by Crippen LogP contribution is -2.17. The molecule has 1 aromatic carbocycles. The molecule has 1 heterocycles. The molecular formula is C16H21NOS. The van der Waals surface area contributed by atoms with E-state index >= 15 is 0 Å². The third-order valence-corrected chi connectivity index (χ3v) is 4.23. The third-order valence-electron chi connectivity index (χ3n) is 3.22. The lowest BCUT2D eigenvalue weighted by molar-refractivity contribution is 0.409. The summed E-state index contributed by atoms with van der Waals surface area (Å²) in [5, 5.41) is 3.51. The standard InChI is InChI=1S/C16H21NOS/c1-12-10-15(13(2)19-12)11-17-9-8-14-6-4-5-7-16(14)18-3/h4-7,10,17H,8-9,11H2,1-3H3. The van der Waals surface area contributed by atoms with Gasteiger partial charge in [-0.1, -0.05) is 18.2 Å². The first-order chi connectivity index (χ1) is 9.20. The molecule has 0 saturated heterocycles. The second-order valence-electron chi connectivity index (χ2n) is 4.68. The minimum atomic E-state index is 0.950. The number of methoxy groups -OCH3 is 1. The van der Waals surface area contributed by atoms with Gasteiger partial charge in [-0.2, -0.15) is 0 Å². The van der Waals surface area contributed by atoms with Gasteiger partial charge in [0, 0.05) is 16.3 Å². The summed E-state index contributed by atoms with van der Waals surface area (Å²) in [4.78, 5) is 2.81. The largest absolute Gasteiger partial charge is 0.496 e. The van der Waals surface area contributed by atoms with Crippen LogP contribution in [0.25, 0.3) is 0 Å². The molecule has 2 aromatic rings. The number of thiophene rings is 1. The van der Waals surface area contributed by atoms with Gasteiger partial charge in [0.05, 0.1) is 7.11 Å². The smallest absolute Gasteiger partial charge is 0.122 e. The van der Waals surface area contributed by atoms with E-state index in [1.807, 2.05) is 23.5 Å². The predicted octanol–water partition coefficient (Wildman–Crippen LogP) is 3.71. The van der Waals surface area contributed by atoms with Gasteiger partial charge in [0.25, 0.3) is 0 Å². The van der Waals surface area contributed by atoms with Gasteiger partial charge in [-0.25, -0.2) is 0 Å². The fourth-order valence-electron chi connectivity index (χ4n) is 2.21. The van der Waals surface area contributed by atoms with Gasteiger partial charge in [0.2, 0.25) is 0 Å². The van der Waals surface area contributed by atoms with Crippen molar-refractivity contribution in [2.24, 2.45) is 0 Å². The van der Waals surface area contributed by atoms with Gasteiger partial charge in [-0.15, -0.1) is 11.3 Å². The summed E-state index contributed by atoms with van der Waals surface area (Å²) in [5.41, 5.74) is 2.68. The Morgan fingerprint density at radius 2 is 1.95 bits per heavy atom. The summed E-state index contributed by atoms with van der Waals surface area (Å²) < 4.78 is 5.36. The zero-order valence-electron chi connectivity index (χ0n) is 11.8. The molecule has 0 fully saturated rings. The Morgan fingerprint density at radius 3 is 2.63 bits per heavy atom. The molecule has 0 radical (unpaired) electrons. The monoisotopic (exact) mass is 275 g/mol. The van der Waals surface area contributed by atoms with Crippen LogP contribution in [0.15, 0.2) is 30.3 Å². The van der Waals surface area contributed by atoms with Crippen LogP contribution in [0, 0.1) is 13.8 Å². The Morgan fingerprint density at radius 1 is 1.16 bits per heavy atom. The molecule has 0 bridgehead atoms. The first kappa shape index (κ1) is 14.1. The van der Waals surface area contributed by atoms with Crippen LogP contribution in [0.2, 0.25) is 0 Å². The summed E-state index contributed by atoms with van der Waals surface area (Å²) in [6.45, 7) is 6.27. The van der Waals surface area contributed by atoms with Crippen LogP contribution in [0.5, 0.6) is 5.75 Å². The molecule has 0 unspecified atom stereocenters. The summed E-state index contributed by atoms with van der Waals surface area (Å²) in [5.74, 6) is 0.979. The molecule has 2 rings (SSSR count). The van der Waals surface area contributed by atoms with E-state index in [0.29, 0.717) is 0 Å². The van der Waals surface area contributed by atoms with Crippen molar-refractivity contribution in [3.63, 3.8) is 0 Å². The van der Waals surface area contributed by atoms with Crippen LogP contribution in [-0.4, -0.2) is 13.7 Å². The Hall–Kier alpha value is -1.32. The highest BCUT2D eigenvalue weighted by molar-refractivity contribution is 7.12. The van der Waals surface area contributed by atoms with Gasteiger partial charge >= 0.3 is 0 Å². The van der Waals surface area contributed by atoms with Crippen LogP contribution in [0.4, 0.5) is 0 Å². The van der Waals surface area contributed by atoms with Crippen molar-refractivity contribution in [3.8, 4) is 5.75 Å². The minimum Gasteiger partial charge on any atom is -0.496 e. The Balaban J connectivity index is 1.82. The summed E-state index contributed by atoms with van der Waals surface area (Å²) >= 11 is 1.87. The van der Waals surface area contributed by atoms with Crippen LogP contribution in [0.3, 0.4) is 0 Å². The normalized spacial score (nSPS) is 10.7. The molecule has 0 aliphatic heterocycles. The molecule has 2 nitrogen and oxygen atoms in total. The molecule has 3 heteroatoms. The SMILES string of the molecule is COc1ccccc1CCNCc1cc(C)sc1C. The number of rotatable bonds is 6. The number of ether oxygens (including phenoxy) is 1. The van der Waals surface area contributed by atoms with E-state index in [1.165, 1.54) is 20.9 Å². The number of aryl methyl sites for hydroxylation is 2. The van der Waals surface area contributed by atoms with E-state index in [-0.39, 0.29) is 0 Å². The van der Waals surface area contributed by atoms with Crippen LogP contribution in [0.1, 0.15) is 20.9 Å². The average Bonchev–Trinajstić information content (AvgIpc) is 2.73. The van der Waals surface area contributed by atoms with Crippen molar-refractivity contribution in [2.75, 3.05) is 13.7 Å². The lowest BCUT2D eigenvalue weighted by Gasteiger charge is -2.08. The molecule has 1 N–H and O–H groups in total. The van der Waals surface area contributed by atoms with Crippen molar-refractivity contribution in [1.29, 1.82) is 0 Å². The quantitative estimate of drug-likeness (QED) is 0.812. The van der Waals surface area contributed by atoms with Crippen molar-refractivity contribution >= 4 is 11.3 Å². The van der Waals surface area contributed by atoms with E-state index in [0.717, 1.165) is 25.3 Å². The number of para-hydroxylation sites is 1. The van der Waals surface area contributed by atoms with Gasteiger partial charge in [-0.05, 0) is 50.1 Å². The summed E-state index contributed by atoms with van der Waals surface area (Å²) in [6, 6.07) is 10.5. The molecule has 102 valence electrons. The molecule has 0 spiro atoms. The lowest BCUT2D eigenvalue weighted by atomic mass is 10.1. The van der Waals surface area contributed by atoms with E-state index in [1.54, 1.807) is 7.11 Å². The van der Waals surface area contributed by atoms with Gasteiger partial charge < -0.3 is 10.1 Å². The fraction of sp³-hybridized carbons (Fsp3) is 0.375. The fourth-order valence-corrected chi connectivity index (χ4v) is 3.16. The number of benzene rings is 1. The van der Waals surface area contributed by atoms with E-state index in [4.69, 9.17) is 4.74 Å². The van der Waals surface area contributed by atoms with E-state index in [2.05, 4.69) is 37.4 Å². The number of nitrogens with one attached hydrogen (secondary N) is 1.